The van der Waals surface area contributed by atoms with Crippen molar-refractivity contribution >= 4 is 16.7 Å². The molecule has 1 saturated carbocycles. The molecule has 1 saturated heterocycles. The van der Waals surface area contributed by atoms with Gasteiger partial charge >= 0.3 is 5.97 Å². The van der Waals surface area contributed by atoms with Gasteiger partial charge in [-0.3, -0.25) is 9.69 Å². The minimum absolute atomic E-state index is 0.170. The highest BCUT2D eigenvalue weighted by Crippen LogP contribution is 2.33. The largest absolute Gasteiger partial charge is 0.490 e. The van der Waals surface area contributed by atoms with Crippen LogP contribution in [-0.2, 0) is 11.3 Å². The van der Waals surface area contributed by atoms with Gasteiger partial charge in [0.25, 0.3) is 0 Å². The van der Waals surface area contributed by atoms with Crippen molar-refractivity contribution in [3.05, 3.63) is 42.0 Å². The van der Waals surface area contributed by atoms with E-state index in [1.807, 2.05) is 0 Å². The van der Waals surface area contributed by atoms with Gasteiger partial charge in [0.05, 0.1) is 12.0 Å². The number of carbonyl (C=O) groups is 1. The zero-order chi connectivity index (χ0) is 21.1. The Bertz CT molecular complexity index is 862. The third-order valence-electron chi connectivity index (χ3n) is 7.18. The first-order chi connectivity index (χ1) is 14.5. The summed E-state index contributed by atoms with van der Waals surface area (Å²) in [6.07, 6.45) is 6.75. The van der Waals surface area contributed by atoms with E-state index in [-0.39, 0.29) is 5.92 Å². The number of rotatable bonds is 6. The van der Waals surface area contributed by atoms with Gasteiger partial charge in [0, 0.05) is 6.54 Å². The molecule has 0 amide bonds. The Labute approximate surface area is 180 Å². The number of carboxylic acids is 1. The molecule has 162 valence electrons. The summed E-state index contributed by atoms with van der Waals surface area (Å²) >= 11 is 0. The fraction of sp³-hybridized carbons (Fsp3) is 0.577. The summed E-state index contributed by atoms with van der Waals surface area (Å²) in [5.41, 5.74) is 1.29. The van der Waals surface area contributed by atoms with Crippen molar-refractivity contribution in [1.82, 2.24) is 4.90 Å². The predicted molar refractivity (Wildman–Crippen MR) is 121 cm³/mol. The van der Waals surface area contributed by atoms with Crippen LogP contribution < -0.4 is 4.74 Å². The van der Waals surface area contributed by atoms with E-state index in [0.29, 0.717) is 6.10 Å². The molecule has 0 radical (unpaired) electrons. The summed E-state index contributed by atoms with van der Waals surface area (Å²) in [4.78, 5) is 13.5. The van der Waals surface area contributed by atoms with Gasteiger partial charge in [-0.25, -0.2) is 0 Å². The molecule has 4 heteroatoms. The number of hydrogen-bond acceptors (Lipinski definition) is 3. The number of carboxylic acid groups (broad SMARTS) is 1. The molecule has 2 fully saturated rings. The number of benzene rings is 2. The lowest BCUT2D eigenvalue weighted by Crippen LogP contribution is -2.35. The van der Waals surface area contributed by atoms with Crippen LogP contribution in [0.1, 0.15) is 57.9 Å². The molecule has 0 spiro atoms. The Morgan fingerprint density at radius 1 is 1.00 bits per heavy atom. The maximum absolute atomic E-state index is 11.1. The van der Waals surface area contributed by atoms with E-state index in [4.69, 9.17) is 9.84 Å². The molecule has 1 heterocycles. The van der Waals surface area contributed by atoms with Gasteiger partial charge in [0.15, 0.2) is 0 Å². The van der Waals surface area contributed by atoms with Crippen LogP contribution in [0, 0.1) is 17.8 Å². The number of nitrogens with zero attached hydrogens (tertiary/aromatic N) is 1. The van der Waals surface area contributed by atoms with E-state index in [1.54, 1.807) is 0 Å². The summed E-state index contributed by atoms with van der Waals surface area (Å²) in [7, 11) is 0. The highest BCUT2D eigenvalue weighted by Gasteiger charge is 2.25. The predicted octanol–water partition coefficient (Wildman–Crippen LogP) is 5.73. The Kier molecular flexibility index (Phi) is 6.62. The zero-order valence-electron chi connectivity index (χ0n) is 18.3. The molecule has 2 aromatic carbocycles. The van der Waals surface area contributed by atoms with Gasteiger partial charge in [-0.1, -0.05) is 32.0 Å². The normalized spacial score (nSPS) is 23.7. The van der Waals surface area contributed by atoms with Crippen LogP contribution in [0.2, 0.25) is 0 Å². The summed E-state index contributed by atoms with van der Waals surface area (Å²) in [6.45, 7) is 7.28. The second-order valence-electron chi connectivity index (χ2n) is 9.63. The Balaban J connectivity index is 1.34. The second-order valence-corrected chi connectivity index (χ2v) is 9.63. The lowest BCUT2D eigenvalue weighted by Gasteiger charge is -2.31. The summed E-state index contributed by atoms with van der Waals surface area (Å²) in [5, 5.41) is 11.6. The average molecular weight is 410 g/mol. The van der Waals surface area contributed by atoms with Gasteiger partial charge in [-0.05, 0) is 98.0 Å². The van der Waals surface area contributed by atoms with Crippen molar-refractivity contribution in [2.24, 2.45) is 17.8 Å². The Morgan fingerprint density at radius 2 is 1.67 bits per heavy atom. The van der Waals surface area contributed by atoms with E-state index < -0.39 is 5.97 Å². The Morgan fingerprint density at radius 3 is 2.33 bits per heavy atom. The van der Waals surface area contributed by atoms with E-state index in [1.165, 1.54) is 42.0 Å². The molecule has 1 N–H and O–H groups in total. The molecule has 4 nitrogen and oxygen atoms in total. The molecule has 0 atom stereocenters. The maximum atomic E-state index is 11.1. The standard InChI is InChI=1S/C26H35NO3/c1-18(2)20-5-8-24(9-6-20)30-25-10-7-22-15-19(3-4-23(22)16-25)17-27-13-11-21(12-14-27)26(28)29/h3-4,7,10,15-16,18,20-21,24H,5-6,8-9,11-14,17H2,1-2H3,(H,28,29)/t20-,24-. The number of ether oxygens (including phenoxy) is 1. The van der Waals surface area contributed by atoms with Gasteiger partial charge < -0.3 is 9.84 Å². The molecule has 4 rings (SSSR count). The highest BCUT2D eigenvalue weighted by molar-refractivity contribution is 5.84. The summed E-state index contributed by atoms with van der Waals surface area (Å²) < 4.78 is 6.32. The third kappa shape index (κ3) is 5.15. The molecular weight excluding hydrogens is 374 g/mol. The highest BCUT2D eigenvalue weighted by atomic mass is 16.5. The topological polar surface area (TPSA) is 49.8 Å². The molecular formula is C26H35NO3. The molecule has 0 bridgehead atoms. The fourth-order valence-corrected chi connectivity index (χ4v) is 5.11. The van der Waals surface area contributed by atoms with Crippen LogP contribution in [0.4, 0.5) is 0 Å². The van der Waals surface area contributed by atoms with E-state index in [0.717, 1.165) is 50.1 Å². The molecule has 30 heavy (non-hydrogen) atoms. The molecule has 1 aliphatic carbocycles. The van der Waals surface area contributed by atoms with Crippen LogP contribution in [-0.4, -0.2) is 35.2 Å². The lowest BCUT2D eigenvalue weighted by atomic mass is 9.80. The lowest BCUT2D eigenvalue weighted by molar-refractivity contribution is -0.143. The van der Waals surface area contributed by atoms with Gasteiger partial charge in [-0.2, -0.15) is 0 Å². The average Bonchev–Trinajstić information content (AvgIpc) is 2.74. The van der Waals surface area contributed by atoms with Crippen LogP contribution >= 0.6 is 0 Å². The minimum Gasteiger partial charge on any atom is -0.490 e. The molecule has 1 aliphatic heterocycles. The van der Waals surface area contributed by atoms with Crippen molar-refractivity contribution in [2.75, 3.05) is 13.1 Å². The van der Waals surface area contributed by atoms with Gasteiger partial charge in [-0.15, -0.1) is 0 Å². The molecule has 2 aliphatic rings. The van der Waals surface area contributed by atoms with Crippen molar-refractivity contribution in [3.8, 4) is 5.75 Å². The van der Waals surface area contributed by atoms with Crippen LogP contribution in [0.3, 0.4) is 0 Å². The summed E-state index contributed by atoms with van der Waals surface area (Å²) in [6, 6.07) is 13.1. The van der Waals surface area contributed by atoms with Crippen LogP contribution in [0.15, 0.2) is 36.4 Å². The van der Waals surface area contributed by atoms with Crippen molar-refractivity contribution in [2.45, 2.75) is 65.0 Å². The van der Waals surface area contributed by atoms with E-state index >= 15 is 0 Å². The number of piperidine rings is 1. The third-order valence-corrected chi connectivity index (χ3v) is 7.18. The first-order valence-electron chi connectivity index (χ1n) is 11.6. The van der Waals surface area contributed by atoms with Crippen LogP contribution in [0.25, 0.3) is 10.8 Å². The smallest absolute Gasteiger partial charge is 0.306 e. The SMILES string of the molecule is CC(C)[C@H]1CC[C@H](Oc2ccc3cc(CN4CCC(C(=O)O)CC4)ccc3c2)CC1. The minimum atomic E-state index is -0.647. The van der Waals surface area contributed by atoms with Crippen molar-refractivity contribution in [1.29, 1.82) is 0 Å². The molecule has 0 unspecified atom stereocenters. The first-order valence-corrected chi connectivity index (χ1v) is 11.6. The molecule has 0 aromatic heterocycles. The number of likely N-dealkylation sites (tertiary alicyclic amines) is 1. The Hall–Kier alpha value is -2.07. The number of aliphatic carboxylic acids is 1. The fourth-order valence-electron chi connectivity index (χ4n) is 5.11. The summed E-state index contributed by atoms with van der Waals surface area (Å²) in [5.74, 6) is 1.81. The van der Waals surface area contributed by atoms with Gasteiger partial charge in [0.1, 0.15) is 5.75 Å². The van der Waals surface area contributed by atoms with Crippen molar-refractivity contribution < 1.29 is 14.6 Å². The monoisotopic (exact) mass is 409 g/mol. The maximum Gasteiger partial charge on any atom is 0.306 e. The van der Waals surface area contributed by atoms with Gasteiger partial charge in [0.2, 0.25) is 0 Å². The molecule has 2 aromatic rings. The van der Waals surface area contributed by atoms with E-state index in [2.05, 4.69) is 55.1 Å². The van der Waals surface area contributed by atoms with Crippen molar-refractivity contribution in [3.63, 3.8) is 0 Å². The number of hydrogen-bond donors (Lipinski definition) is 1. The zero-order valence-corrected chi connectivity index (χ0v) is 18.3. The second kappa shape index (κ2) is 9.38. The number of fused-ring (bicyclic) bond motifs is 1. The first kappa shape index (κ1) is 21.2. The van der Waals surface area contributed by atoms with Crippen LogP contribution in [0.5, 0.6) is 5.75 Å². The quantitative estimate of drug-likeness (QED) is 0.662. The van der Waals surface area contributed by atoms with E-state index in [9.17, 15) is 4.79 Å².